The molecule has 1 fully saturated rings. The van der Waals surface area contributed by atoms with Gasteiger partial charge in [0.15, 0.2) is 0 Å². The molecule has 1 saturated heterocycles. The summed E-state index contributed by atoms with van der Waals surface area (Å²) in [5.41, 5.74) is 0. The highest BCUT2D eigenvalue weighted by molar-refractivity contribution is 7.89. The molecular formula is C16H23N5O2S. The van der Waals surface area contributed by atoms with E-state index in [0.29, 0.717) is 25.5 Å². The lowest BCUT2D eigenvalue weighted by molar-refractivity contribution is 0.346. The number of sulfonamides is 1. The highest BCUT2D eigenvalue weighted by Gasteiger charge is 2.29. The van der Waals surface area contributed by atoms with Gasteiger partial charge in [0.2, 0.25) is 10.0 Å². The van der Waals surface area contributed by atoms with Crippen molar-refractivity contribution < 1.29 is 8.42 Å². The largest absolute Gasteiger partial charge is 0.351 e. The van der Waals surface area contributed by atoms with Crippen molar-refractivity contribution in [3.8, 4) is 0 Å². The molecule has 3 heterocycles. The molecule has 0 radical (unpaired) electrons. The van der Waals surface area contributed by atoms with Crippen LogP contribution in [0.4, 0.5) is 5.82 Å². The molecule has 0 aromatic carbocycles. The molecule has 3 rings (SSSR count). The lowest BCUT2D eigenvalue weighted by Crippen LogP contribution is -2.36. The average molecular weight is 349 g/mol. The molecule has 1 aliphatic rings. The molecule has 0 saturated carbocycles. The third-order valence-electron chi connectivity index (χ3n) is 4.34. The molecule has 2 aromatic heterocycles. The Morgan fingerprint density at radius 3 is 2.58 bits per heavy atom. The van der Waals surface area contributed by atoms with Crippen molar-refractivity contribution >= 4 is 15.8 Å². The van der Waals surface area contributed by atoms with E-state index in [1.54, 1.807) is 28.8 Å². The lowest BCUT2D eigenvalue weighted by Gasteiger charge is -2.28. The van der Waals surface area contributed by atoms with E-state index in [-0.39, 0.29) is 4.90 Å². The minimum absolute atomic E-state index is 0.267. The van der Waals surface area contributed by atoms with Gasteiger partial charge in [-0.05, 0) is 25.0 Å². The summed E-state index contributed by atoms with van der Waals surface area (Å²) in [6.45, 7) is 1.66. The Kier molecular flexibility index (Phi) is 4.86. The van der Waals surface area contributed by atoms with Gasteiger partial charge >= 0.3 is 0 Å². The first-order valence-corrected chi connectivity index (χ1v) is 9.56. The van der Waals surface area contributed by atoms with Crippen molar-refractivity contribution in [2.24, 2.45) is 7.05 Å². The molecule has 130 valence electrons. The number of aryl methyl sites for hydroxylation is 1. The molecule has 24 heavy (non-hydrogen) atoms. The van der Waals surface area contributed by atoms with Crippen molar-refractivity contribution in [1.29, 1.82) is 0 Å². The fourth-order valence-corrected chi connectivity index (χ4v) is 4.66. The lowest BCUT2D eigenvalue weighted by atomic mass is 10.2. The van der Waals surface area contributed by atoms with Crippen LogP contribution in [0.15, 0.2) is 35.6 Å². The van der Waals surface area contributed by atoms with Gasteiger partial charge in [-0.1, -0.05) is 6.42 Å². The van der Waals surface area contributed by atoms with Crippen LogP contribution < -0.4 is 4.90 Å². The van der Waals surface area contributed by atoms with E-state index in [1.807, 2.05) is 29.8 Å². The second kappa shape index (κ2) is 6.90. The number of pyridine rings is 1. The minimum Gasteiger partial charge on any atom is -0.351 e. The minimum atomic E-state index is -3.52. The van der Waals surface area contributed by atoms with Crippen LogP contribution in [0, 0.1) is 0 Å². The summed E-state index contributed by atoms with van der Waals surface area (Å²) in [5.74, 6) is 1.32. The molecule has 0 amide bonds. The summed E-state index contributed by atoms with van der Waals surface area (Å²) in [6.07, 6.45) is 8.14. The maximum atomic E-state index is 13.0. The molecule has 1 aliphatic heterocycles. The van der Waals surface area contributed by atoms with Crippen molar-refractivity contribution in [1.82, 2.24) is 18.8 Å². The maximum absolute atomic E-state index is 13.0. The molecule has 0 atom stereocenters. The van der Waals surface area contributed by atoms with Gasteiger partial charge in [0.05, 0.1) is 6.54 Å². The number of rotatable bonds is 5. The Bertz CT molecular complexity index is 796. The number of piperidine rings is 1. The third-order valence-corrected chi connectivity index (χ3v) is 6.26. The highest BCUT2D eigenvalue weighted by atomic mass is 32.2. The van der Waals surface area contributed by atoms with Crippen LogP contribution in [0.3, 0.4) is 0 Å². The zero-order valence-corrected chi connectivity index (χ0v) is 14.9. The van der Waals surface area contributed by atoms with Crippen molar-refractivity contribution in [2.75, 3.05) is 25.0 Å². The first-order valence-electron chi connectivity index (χ1n) is 8.12. The Balaban J connectivity index is 1.91. The third kappa shape index (κ3) is 3.29. The quantitative estimate of drug-likeness (QED) is 0.820. The molecule has 0 unspecified atom stereocenters. The Hall–Kier alpha value is -1.93. The van der Waals surface area contributed by atoms with E-state index in [4.69, 9.17) is 0 Å². The van der Waals surface area contributed by atoms with E-state index in [0.717, 1.165) is 25.1 Å². The molecule has 0 aliphatic carbocycles. The number of aromatic nitrogens is 3. The van der Waals surface area contributed by atoms with Crippen LogP contribution in [0.2, 0.25) is 0 Å². The van der Waals surface area contributed by atoms with Gasteiger partial charge in [0.25, 0.3) is 0 Å². The van der Waals surface area contributed by atoms with Crippen LogP contribution in [0.25, 0.3) is 0 Å². The first kappa shape index (κ1) is 16.9. The van der Waals surface area contributed by atoms with E-state index in [1.165, 1.54) is 0 Å². The second-order valence-electron chi connectivity index (χ2n) is 6.10. The predicted molar refractivity (Wildman–Crippen MR) is 92.2 cm³/mol. The normalized spacial score (nSPS) is 16.2. The number of hydrogen-bond donors (Lipinski definition) is 0. The van der Waals surface area contributed by atoms with Crippen LogP contribution >= 0.6 is 0 Å². The predicted octanol–water partition coefficient (Wildman–Crippen LogP) is 1.63. The summed E-state index contributed by atoms with van der Waals surface area (Å²) in [6, 6.07) is 3.32. The molecular weight excluding hydrogens is 326 g/mol. The Labute approximate surface area is 143 Å². The van der Waals surface area contributed by atoms with E-state index in [9.17, 15) is 8.42 Å². The van der Waals surface area contributed by atoms with E-state index >= 15 is 0 Å². The van der Waals surface area contributed by atoms with Gasteiger partial charge in [0, 0.05) is 45.8 Å². The van der Waals surface area contributed by atoms with Gasteiger partial charge in [-0.2, -0.15) is 4.31 Å². The molecule has 0 N–H and O–H groups in total. The first-order chi connectivity index (χ1) is 11.5. The number of imidazole rings is 1. The van der Waals surface area contributed by atoms with Crippen molar-refractivity contribution in [3.63, 3.8) is 0 Å². The van der Waals surface area contributed by atoms with Crippen molar-refractivity contribution in [2.45, 2.75) is 30.7 Å². The Morgan fingerprint density at radius 2 is 1.92 bits per heavy atom. The standard InChI is InChI=1S/C16H23N5O2S/c1-19-12-9-17-15(19)13-20(2)16-14(7-6-8-18-16)24(22,23)21-10-4-3-5-11-21/h6-9,12H,3-5,10-11,13H2,1-2H3. The molecule has 2 aromatic rings. The van der Waals surface area contributed by atoms with Crippen LogP contribution in [0.1, 0.15) is 25.1 Å². The van der Waals surface area contributed by atoms with Crippen LogP contribution in [0.5, 0.6) is 0 Å². The molecule has 0 spiro atoms. The topological polar surface area (TPSA) is 71.3 Å². The maximum Gasteiger partial charge on any atom is 0.246 e. The summed E-state index contributed by atoms with van der Waals surface area (Å²) in [7, 11) is 0.231. The summed E-state index contributed by atoms with van der Waals surface area (Å²) in [5, 5.41) is 0. The second-order valence-corrected chi connectivity index (χ2v) is 8.01. The molecule has 0 bridgehead atoms. The van der Waals surface area contributed by atoms with Crippen LogP contribution in [-0.4, -0.2) is 47.4 Å². The Morgan fingerprint density at radius 1 is 1.17 bits per heavy atom. The summed E-state index contributed by atoms with van der Waals surface area (Å²) in [4.78, 5) is 10.7. The van der Waals surface area contributed by atoms with Crippen molar-refractivity contribution in [3.05, 3.63) is 36.5 Å². The van der Waals surface area contributed by atoms with Gasteiger partial charge in [-0.3, -0.25) is 0 Å². The van der Waals surface area contributed by atoms with Gasteiger partial charge < -0.3 is 9.47 Å². The smallest absolute Gasteiger partial charge is 0.246 e. The van der Waals surface area contributed by atoms with Gasteiger partial charge in [-0.25, -0.2) is 18.4 Å². The zero-order chi connectivity index (χ0) is 17.2. The fraction of sp³-hybridized carbons (Fsp3) is 0.500. The summed E-state index contributed by atoms with van der Waals surface area (Å²) < 4.78 is 29.5. The number of anilines is 1. The van der Waals surface area contributed by atoms with E-state index in [2.05, 4.69) is 9.97 Å². The average Bonchev–Trinajstić information content (AvgIpc) is 3.00. The molecule has 7 nitrogen and oxygen atoms in total. The number of nitrogens with zero attached hydrogens (tertiary/aromatic N) is 5. The highest BCUT2D eigenvalue weighted by Crippen LogP contribution is 2.27. The monoisotopic (exact) mass is 349 g/mol. The molecule has 8 heteroatoms. The van der Waals surface area contributed by atoms with Crippen LogP contribution in [-0.2, 0) is 23.6 Å². The SMILES string of the molecule is CN(Cc1nccn1C)c1ncccc1S(=O)(=O)N1CCCCC1. The van der Waals surface area contributed by atoms with Gasteiger partial charge in [0.1, 0.15) is 16.5 Å². The zero-order valence-electron chi connectivity index (χ0n) is 14.1. The van der Waals surface area contributed by atoms with E-state index < -0.39 is 10.0 Å². The number of hydrogen-bond acceptors (Lipinski definition) is 5. The van der Waals surface area contributed by atoms with Gasteiger partial charge in [-0.15, -0.1) is 0 Å². The fourth-order valence-electron chi connectivity index (χ4n) is 2.95. The summed E-state index contributed by atoms with van der Waals surface area (Å²) >= 11 is 0.